The van der Waals surface area contributed by atoms with E-state index in [0.29, 0.717) is 10.7 Å². The van der Waals surface area contributed by atoms with Gasteiger partial charge in [-0.15, -0.1) is 11.3 Å². The van der Waals surface area contributed by atoms with Gasteiger partial charge in [0, 0.05) is 37.6 Å². The molecular formula is C20H23N5O2S. The van der Waals surface area contributed by atoms with Crippen molar-refractivity contribution in [2.45, 2.75) is 6.92 Å². The zero-order chi connectivity index (χ0) is 19.7. The zero-order valence-electron chi connectivity index (χ0n) is 16.2. The molecule has 1 aliphatic rings. The van der Waals surface area contributed by atoms with Crippen LogP contribution in [0.3, 0.4) is 0 Å². The number of carbonyl (C=O) groups excluding carboxylic acids is 1. The normalized spacial score (nSPS) is 15.0. The van der Waals surface area contributed by atoms with E-state index in [1.807, 2.05) is 6.92 Å². The Balaban J connectivity index is 1.58. The number of fused-ring (bicyclic) bond motifs is 1. The fraction of sp³-hybridized carbons (Fsp3) is 0.350. The van der Waals surface area contributed by atoms with E-state index >= 15 is 0 Å². The molecule has 2 aromatic heterocycles. The lowest BCUT2D eigenvalue weighted by molar-refractivity contribution is 0.0605. The van der Waals surface area contributed by atoms with Crippen LogP contribution in [0.2, 0.25) is 0 Å². The van der Waals surface area contributed by atoms with Gasteiger partial charge in [-0.3, -0.25) is 0 Å². The van der Waals surface area contributed by atoms with Crippen LogP contribution >= 0.6 is 11.3 Å². The number of aryl methyl sites for hydroxylation is 1. The zero-order valence-corrected chi connectivity index (χ0v) is 17.0. The lowest BCUT2D eigenvalue weighted by Gasteiger charge is -2.34. The van der Waals surface area contributed by atoms with E-state index < -0.39 is 0 Å². The van der Waals surface area contributed by atoms with Gasteiger partial charge in [0.1, 0.15) is 21.9 Å². The van der Waals surface area contributed by atoms with Crippen LogP contribution in [0.25, 0.3) is 10.2 Å². The molecule has 0 amide bonds. The molecule has 28 heavy (non-hydrogen) atoms. The van der Waals surface area contributed by atoms with Crippen molar-refractivity contribution < 1.29 is 9.53 Å². The van der Waals surface area contributed by atoms with E-state index in [2.05, 4.69) is 56.4 Å². The fourth-order valence-corrected chi connectivity index (χ4v) is 4.48. The second-order valence-corrected chi connectivity index (χ2v) is 7.91. The van der Waals surface area contributed by atoms with E-state index in [4.69, 9.17) is 4.74 Å². The van der Waals surface area contributed by atoms with Gasteiger partial charge < -0.3 is 19.9 Å². The minimum atomic E-state index is -0.344. The molecule has 8 heteroatoms. The third kappa shape index (κ3) is 3.53. The molecule has 0 unspecified atom stereocenters. The first kappa shape index (κ1) is 18.6. The molecule has 7 nitrogen and oxygen atoms in total. The van der Waals surface area contributed by atoms with Crippen LogP contribution in [0.4, 0.5) is 17.2 Å². The number of nitrogens with one attached hydrogen (secondary N) is 1. The Morgan fingerprint density at radius 3 is 2.54 bits per heavy atom. The van der Waals surface area contributed by atoms with Crippen LogP contribution in [-0.2, 0) is 4.74 Å². The number of hydrogen-bond acceptors (Lipinski definition) is 8. The third-order valence-electron chi connectivity index (χ3n) is 5.10. The molecular weight excluding hydrogens is 374 g/mol. The van der Waals surface area contributed by atoms with Crippen molar-refractivity contribution in [1.29, 1.82) is 0 Å². The number of piperazine rings is 1. The van der Waals surface area contributed by atoms with Crippen molar-refractivity contribution in [3.05, 3.63) is 41.0 Å². The molecule has 146 valence electrons. The molecule has 1 aliphatic heterocycles. The van der Waals surface area contributed by atoms with Crippen molar-refractivity contribution >= 4 is 44.7 Å². The van der Waals surface area contributed by atoms with Crippen molar-refractivity contribution in [3.63, 3.8) is 0 Å². The Hall–Kier alpha value is -2.71. The predicted molar refractivity (Wildman–Crippen MR) is 113 cm³/mol. The predicted octanol–water partition coefficient (Wildman–Crippen LogP) is 3.28. The molecule has 1 saturated heterocycles. The van der Waals surface area contributed by atoms with Gasteiger partial charge in [-0.25, -0.2) is 14.8 Å². The Kier molecular flexibility index (Phi) is 5.15. The van der Waals surface area contributed by atoms with Crippen LogP contribution in [0.1, 0.15) is 15.2 Å². The average molecular weight is 398 g/mol. The summed E-state index contributed by atoms with van der Waals surface area (Å²) in [5.74, 6) is 0.351. The van der Waals surface area contributed by atoms with E-state index in [0.717, 1.165) is 47.6 Å². The maximum Gasteiger partial charge on any atom is 0.348 e. The van der Waals surface area contributed by atoms with Crippen molar-refractivity contribution in [2.24, 2.45) is 0 Å². The highest BCUT2D eigenvalue weighted by molar-refractivity contribution is 7.20. The molecule has 0 radical (unpaired) electrons. The van der Waals surface area contributed by atoms with Gasteiger partial charge in [-0.05, 0) is 43.8 Å². The van der Waals surface area contributed by atoms with E-state index in [1.165, 1.54) is 30.5 Å². The molecule has 4 rings (SSSR count). The highest BCUT2D eigenvalue weighted by Crippen LogP contribution is 2.35. The number of hydrogen-bond donors (Lipinski definition) is 1. The van der Waals surface area contributed by atoms with Crippen LogP contribution in [0, 0.1) is 6.92 Å². The molecule has 1 fully saturated rings. The Labute approximate surface area is 168 Å². The van der Waals surface area contributed by atoms with Gasteiger partial charge >= 0.3 is 5.97 Å². The number of thiophene rings is 1. The van der Waals surface area contributed by atoms with E-state index in [9.17, 15) is 4.79 Å². The van der Waals surface area contributed by atoms with Gasteiger partial charge in [-0.2, -0.15) is 0 Å². The van der Waals surface area contributed by atoms with Gasteiger partial charge in [0.25, 0.3) is 0 Å². The van der Waals surface area contributed by atoms with Crippen LogP contribution in [0.15, 0.2) is 30.6 Å². The summed E-state index contributed by atoms with van der Waals surface area (Å²) in [5, 5.41) is 4.23. The largest absolute Gasteiger partial charge is 0.465 e. The summed E-state index contributed by atoms with van der Waals surface area (Å²) in [6.45, 7) is 6.15. The number of ether oxygens (including phenoxy) is 1. The molecule has 0 atom stereocenters. The Morgan fingerprint density at radius 2 is 1.86 bits per heavy atom. The number of likely N-dealkylation sites (N-methyl/N-ethyl adjacent to an activating group) is 1. The molecule has 0 saturated carbocycles. The molecule has 3 heterocycles. The van der Waals surface area contributed by atoms with Crippen LogP contribution < -0.4 is 10.2 Å². The number of rotatable bonds is 4. The summed E-state index contributed by atoms with van der Waals surface area (Å²) in [5.41, 5.74) is 3.01. The minimum Gasteiger partial charge on any atom is -0.465 e. The Morgan fingerprint density at radius 1 is 1.14 bits per heavy atom. The number of aromatic nitrogens is 2. The topological polar surface area (TPSA) is 70.6 Å². The quantitative estimate of drug-likeness (QED) is 0.678. The van der Waals surface area contributed by atoms with Gasteiger partial charge in [0.15, 0.2) is 0 Å². The molecule has 0 aliphatic carbocycles. The first-order chi connectivity index (χ1) is 13.6. The highest BCUT2D eigenvalue weighted by atomic mass is 32.1. The summed E-state index contributed by atoms with van der Waals surface area (Å²) < 4.78 is 4.88. The number of nitrogens with zero attached hydrogens (tertiary/aromatic N) is 4. The Bertz CT molecular complexity index is 994. The summed E-state index contributed by atoms with van der Waals surface area (Å²) in [6.07, 6.45) is 1.51. The molecule has 0 spiro atoms. The summed E-state index contributed by atoms with van der Waals surface area (Å²) in [7, 11) is 3.55. The van der Waals surface area contributed by atoms with Crippen molar-refractivity contribution in [1.82, 2.24) is 14.9 Å². The van der Waals surface area contributed by atoms with Crippen LogP contribution in [-0.4, -0.2) is 61.2 Å². The third-order valence-corrected chi connectivity index (χ3v) is 6.28. The first-order valence-corrected chi connectivity index (χ1v) is 10.0. The summed E-state index contributed by atoms with van der Waals surface area (Å²) >= 11 is 1.33. The first-order valence-electron chi connectivity index (χ1n) is 9.20. The number of esters is 1. The fourth-order valence-electron chi connectivity index (χ4n) is 3.41. The average Bonchev–Trinajstić information content (AvgIpc) is 3.06. The van der Waals surface area contributed by atoms with Gasteiger partial charge in [0.05, 0.1) is 12.5 Å². The summed E-state index contributed by atoms with van der Waals surface area (Å²) in [6, 6.07) is 8.38. The maximum absolute atomic E-state index is 12.0. The van der Waals surface area contributed by atoms with Gasteiger partial charge in [-0.1, -0.05) is 0 Å². The maximum atomic E-state index is 12.0. The minimum absolute atomic E-state index is 0.344. The second-order valence-electron chi connectivity index (χ2n) is 6.91. The molecule has 3 aromatic rings. The molecule has 0 bridgehead atoms. The van der Waals surface area contributed by atoms with Crippen molar-refractivity contribution in [2.75, 3.05) is 50.6 Å². The SMILES string of the molecule is COC(=O)c1sc2ncnc(Nc3ccc(N4CCN(C)CC4)cc3)c2c1C. The van der Waals surface area contributed by atoms with E-state index in [-0.39, 0.29) is 5.97 Å². The monoisotopic (exact) mass is 397 g/mol. The van der Waals surface area contributed by atoms with Crippen molar-refractivity contribution in [3.8, 4) is 0 Å². The standard InChI is InChI=1S/C20H23N5O2S/c1-13-16-18(21-12-22-19(16)28-17(13)20(26)27-3)23-14-4-6-15(7-5-14)25-10-8-24(2)9-11-25/h4-7,12H,8-11H2,1-3H3,(H,21,22,23). The van der Waals surface area contributed by atoms with Gasteiger partial charge in [0.2, 0.25) is 0 Å². The number of anilines is 3. The highest BCUT2D eigenvalue weighted by Gasteiger charge is 2.20. The lowest BCUT2D eigenvalue weighted by Crippen LogP contribution is -2.44. The number of carbonyl (C=O) groups is 1. The smallest absolute Gasteiger partial charge is 0.348 e. The van der Waals surface area contributed by atoms with Crippen LogP contribution in [0.5, 0.6) is 0 Å². The number of methoxy groups -OCH3 is 1. The molecule has 1 aromatic carbocycles. The van der Waals surface area contributed by atoms with E-state index in [1.54, 1.807) is 0 Å². The lowest BCUT2D eigenvalue weighted by atomic mass is 10.2. The second kappa shape index (κ2) is 7.73. The number of benzene rings is 1. The summed E-state index contributed by atoms with van der Waals surface area (Å²) in [4.78, 5) is 26.8. The molecule has 1 N–H and O–H groups in total.